The van der Waals surface area contributed by atoms with E-state index in [-0.39, 0.29) is 53.5 Å². The van der Waals surface area contributed by atoms with Crippen LogP contribution in [0.5, 0.6) is 23.0 Å². The van der Waals surface area contributed by atoms with Gasteiger partial charge in [-0.25, -0.2) is 4.98 Å². The number of pyridine rings is 1. The lowest BCUT2D eigenvalue weighted by atomic mass is 9.99. The van der Waals surface area contributed by atoms with Crippen LogP contribution in [0.25, 0.3) is 0 Å². The molecule has 4 heterocycles. The van der Waals surface area contributed by atoms with Gasteiger partial charge in [-0.05, 0) is 68.8 Å². The monoisotopic (exact) mass is 593 g/mol. The van der Waals surface area contributed by atoms with Gasteiger partial charge >= 0.3 is 6.18 Å². The summed E-state index contributed by atoms with van der Waals surface area (Å²) >= 11 is 0. The van der Waals surface area contributed by atoms with Crippen LogP contribution < -0.4 is 19.5 Å². The van der Waals surface area contributed by atoms with Gasteiger partial charge in [-0.3, -0.25) is 9.59 Å². The average Bonchev–Trinajstić information content (AvgIpc) is 3.49. The summed E-state index contributed by atoms with van der Waals surface area (Å²) in [5, 5.41) is 2.76. The molecule has 224 valence electrons. The van der Waals surface area contributed by atoms with Crippen LogP contribution >= 0.6 is 0 Å². The number of Topliss-reactive ketones (excluding diaryl/α,β-unsaturated/α-hetero) is 1. The fourth-order valence-electron chi connectivity index (χ4n) is 6.38. The molecule has 1 aromatic heterocycles. The number of amides is 1. The van der Waals surface area contributed by atoms with Gasteiger partial charge in [0.2, 0.25) is 5.91 Å². The third-order valence-electron chi connectivity index (χ3n) is 8.79. The molecule has 43 heavy (non-hydrogen) atoms. The van der Waals surface area contributed by atoms with E-state index < -0.39 is 11.7 Å². The quantitative estimate of drug-likeness (QED) is 0.336. The largest absolute Gasteiger partial charge is 0.490 e. The van der Waals surface area contributed by atoms with Crippen molar-refractivity contribution in [1.29, 1.82) is 0 Å². The lowest BCUT2D eigenvalue weighted by molar-refractivity contribution is -0.139. The van der Waals surface area contributed by atoms with Crippen molar-refractivity contribution in [3.63, 3.8) is 0 Å². The minimum Gasteiger partial charge on any atom is -0.490 e. The molecule has 3 aromatic rings. The lowest BCUT2D eigenvalue weighted by Crippen LogP contribution is -2.36. The molecular formula is C32H30F3N3O5. The van der Waals surface area contributed by atoms with Gasteiger partial charge in [0.15, 0.2) is 5.78 Å². The van der Waals surface area contributed by atoms with Crippen molar-refractivity contribution in [3.05, 3.63) is 70.9 Å². The standard InChI is InChI=1S/C32H30F3N3O5/c1-38-12-9-18(10-13-38)41-27-5-2-17(14-23(27)32(33,34)35)24(39)16-22-29-21-15-19(3-6-25(21)43-30(22)29)42-26-8-11-36-31-20(26)4-7-28(40)37-31/h2-3,5-6,8,11,14-15,18,22,29-30H,4,7,9-10,12-13,16H2,1H3,(H,36,37,40)/t22-,29-,30+/m0/s1. The second-order valence-electron chi connectivity index (χ2n) is 11.7. The van der Waals surface area contributed by atoms with Gasteiger partial charge in [0.25, 0.3) is 0 Å². The minimum absolute atomic E-state index is 0.0138. The van der Waals surface area contributed by atoms with E-state index in [1.54, 1.807) is 18.3 Å². The number of hydrogen-bond donors (Lipinski definition) is 1. The molecule has 1 aliphatic carbocycles. The molecule has 1 N–H and O–H groups in total. The maximum atomic E-state index is 14.0. The number of rotatable bonds is 7. The maximum Gasteiger partial charge on any atom is 0.419 e. The van der Waals surface area contributed by atoms with Crippen molar-refractivity contribution in [1.82, 2.24) is 9.88 Å². The maximum absolute atomic E-state index is 14.0. The number of likely N-dealkylation sites (tertiary alicyclic amines) is 1. The van der Waals surface area contributed by atoms with E-state index in [9.17, 15) is 22.8 Å². The Morgan fingerprint density at radius 2 is 1.91 bits per heavy atom. The number of aromatic nitrogens is 1. The molecule has 4 aliphatic rings. The predicted octanol–water partition coefficient (Wildman–Crippen LogP) is 6.00. The number of carbonyl (C=O) groups is 2. The zero-order valence-electron chi connectivity index (χ0n) is 23.4. The number of ketones is 1. The lowest BCUT2D eigenvalue weighted by Gasteiger charge is -2.30. The van der Waals surface area contributed by atoms with Gasteiger partial charge in [0.1, 0.15) is 41.0 Å². The molecule has 7 rings (SSSR count). The molecule has 0 unspecified atom stereocenters. The van der Waals surface area contributed by atoms with Gasteiger partial charge in [0, 0.05) is 60.7 Å². The van der Waals surface area contributed by atoms with Gasteiger partial charge in [0.05, 0.1) is 5.56 Å². The van der Waals surface area contributed by atoms with Gasteiger partial charge in [-0.15, -0.1) is 0 Å². The van der Waals surface area contributed by atoms with Crippen LogP contribution in [0, 0.1) is 5.92 Å². The van der Waals surface area contributed by atoms with Crippen molar-refractivity contribution in [3.8, 4) is 23.0 Å². The zero-order chi connectivity index (χ0) is 29.9. The third kappa shape index (κ3) is 5.42. The van der Waals surface area contributed by atoms with Gasteiger partial charge in [-0.2, -0.15) is 13.2 Å². The SMILES string of the molecule is CN1CCC(Oc2ccc(C(=O)C[C@@H]3[C@H]4Oc5ccc(Oc6ccnc7c6CCC(=O)N7)cc5[C@@H]34)cc2C(F)(F)F)CC1. The number of piperidine rings is 1. The Morgan fingerprint density at radius 3 is 2.70 bits per heavy atom. The molecule has 1 saturated carbocycles. The highest BCUT2D eigenvalue weighted by molar-refractivity contribution is 5.97. The van der Waals surface area contributed by atoms with Crippen LogP contribution in [0.1, 0.15) is 58.6 Å². The Balaban J connectivity index is 1.04. The zero-order valence-corrected chi connectivity index (χ0v) is 23.4. The summed E-state index contributed by atoms with van der Waals surface area (Å²) in [5.74, 6) is 1.54. The van der Waals surface area contributed by atoms with Crippen molar-refractivity contribution >= 4 is 17.5 Å². The number of anilines is 1. The highest BCUT2D eigenvalue weighted by Crippen LogP contribution is 2.60. The number of nitrogens with one attached hydrogen (secondary N) is 1. The molecule has 0 spiro atoms. The van der Waals surface area contributed by atoms with E-state index >= 15 is 0 Å². The van der Waals surface area contributed by atoms with Crippen molar-refractivity contribution in [2.75, 3.05) is 25.5 Å². The first-order chi connectivity index (χ1) is 20.6. The number of benzene rings is 2. The van der Waals surface area contributed by atoms with E-state index in [1.165, 1.54) is 12.1 Å². The summed E-state index contributed by atoms with van der Waals surface area (Å²) in [6.07, 6.45) is -1.32. The normalized spacial score (nSPS) is 23.0. The van der Waals surface area contributed by atoms with E-state index in [0.29, 0.717) is 48.7 Å². The highest BCUT2D eigenvalue weighted by Gasteiger charge is 2.59. The fourth-order valence-corrected chi connectivity index (χ4v) is 6.38. The van der Waals surface area contributed by atoms with Crippen LogP contribution in [-0.4, -0.2) is 53.9 Å². The van der Waals surface area contributed by atoms with E-state index in [1.807, 2.05) is 19.2 Å². The van der Waals surface area contributed by atoms with E-state index in [4.69, 9.17) is 14.2 Å². The number of ether oxygens (including phenoxy) is 3. The van der Waals surface area contributed by atoms with Crippen molar-refractivity contribution < 1.29 is 37.0 Å². The summed E-state index contributed by atoms with van der Waals surface area (Å²) < 4.78 is 60.0. The molecule has 3 aliphatic heterocycles. The summed E-state index contributed by atoms with van der Waals surface area (Å²) in [6, 6.07) is 10.9. The molecule has 8 nitrogen and oxygen atoms in total. The number of nitrogens with zero attached hydrogens (tertiary/aromatic N) is 2. The second kappa shape index (κ2) is 10.6. The Kier molecular flexibility index (Phi) is 6.80. The highest BCUT2D eigenvalue weighted by atomic mass is 19.4. The summed E-state index contributed by atoms with van der Waals surface area (Å²) in [4.78, 5) is 31.3. The summed E-state index contributed by atoms with van der Waals surface area (Å²) in [7, 11) is 1.97. The fraction of sp³-hybridized carbons (Fsp3) is 0.406. The van der Waals surface area contributed by atoms with Crippen LogP contribution in [0.15, 0.2) is 48.7 Å². The van der Waals surface area contributed by atoms with Crippen molar-refractivity contribution in [2.45, 2.75) is 56.4 Å². The van der Waals surface area contributed by atoms with E-state index in [0.717, 1.165) is 30.3 Å². The topological polar surface area (TPSA) is 90.0 Å². The molecule has 3 atom stereocenters. The second-order valence-corrected chi connectivity index (χ2v) is 11.7. The molecule has 0 bridgehead atoms. The van der Waals surface area contributed by atoms with Gasteiger partial charge in [-0.1, -0.05) is 0 Å². The number of halogens is 3. The first-order valence-corrected chi connectivity index (χ1v) is 14.5. The molecule has 11 heteroatoms. The van der Waals surface area contributed by atoms with Crippen LogP contribution in [0.3, 0.4) is 0 Å². The van der Waals surface area contributed by atoms with E-state index in [2.05, 4.69) is 15.2 Å². The summed E-state index contributed by atoms with van der Waals surface area (Å²) in [5.41, 5.74) is 0.830. The molecule has 2 aromatic carbocycles. The Morgan fingerprint density at radius 1 is 1.09 bits per heavy atom. The van der Waals surface area contributed by atoms with Crippen LogP contribution in [0.4, 0.5) is 19.0 Å². The van der Waals surface area contributed by atoms with Crippen molar-refractivity contribution in [2.24, 2.45) is 5.92 Å². The Hall–Kier alpha value is -4.12. The van der Waals surface area contributed by atoms with Crippen LogP contribution in [0.2, 0.25) is 0 Å². The smallest absolute Gasteiger partial charge is 0.419 e. The molecule has 1 amide bonds. The third-order valence-corrected chi connectivity index (χ3v) is 8.79. The average molecular weight is 594 g/mol. The minimum atomic E-state index is -4.65. The van der Waals surface area contributed by atoms with Crippen LogP contribution in [-0.2, 0) is 17.4 Å². The predicted molar refractivity (Wildman–Crippen MR) is 150 cm³/mol. The van der Waals surface area contributed by atoms with Gasteiger partial charge < -0.3 is 24.4 Å². The molecule has 2 fully saturated rings. The Labute approximate surface area is 246 Å². The molecular weight excluding hydrogens is 563 g/mol. The number of fused-ring (bicyclic) bond motifs is 4. The molecule has 0 radical (unpaired) electrons. The summed E-state index contributed by atoms with van der Waals surface area (Å²) in [6.45, 7) is 1.52. The number of hydrogen-bond acceptors (Lipinski definition) is 7. The first kappa shape index (κ1) is 27.7. The number of alkyl halides is 3. The Bertz CT molecular complexity index is 1600. The molecule has 1 saturated heterocycles. The first-order valence-electron chi connectivity index (χ1n) is 14.5. The number of carbonyl (C=O) groups excluding carboxylic acids is 2.